The topological polar surface area (TPSA) is 148 Å². The highest BCUT2D eigenvalue weighted by atomic mass is 127. The van der Waals surface area contributed by atoms with Crippen LogP contribution in [0, 0.1) is 3.57 Å². The summed E-state index contributed by atoms with van der Waals surface area (Å²) in [7, 11) is 0. The fourth-order valence-corrected chi connectivity index (χ4v) is 4.28. The van der Waals surface area contributed by atoms with Crippen LogP contribution in [0.5, 0.6) is 0 Å². The summed E-state index contributed by atoms with van der Waals surface area (Å²) in [6, 6.07) is 0.0593. The Labute approximate surface area is 280 Å². The molecule has 2 aromatic rings. The summed E-state index contributed by atoms with van der Waals surface area (Å²) in [6.07, 6.45) is -2.27. The van der Waals surface area contributed by atoms with Crippen molar-refractivity contribution >= 4 is 79.7 Å². The van der Waals surface area contributed by atoms with Crippen LogP contribution >= 0.6 is 38.5 Å². The maximum atomic E-state index is 13.0. The standard InChI is InChI=1S/C19H26BrIN4O4.C10H18O5/c1-10(2)25-13-11(21)9-22-15(12(13)14(20)23-25)24(16(26)28-18(3,4)5)17(27)29-19(6,7)8;1-9(2,3)14-7(11)13-8(12)15-10(4,5)6/h9-10H,1-8H3;1-6H3. The van der Waals surface area contributed by atoms with Crippen LogP contribution < -0.4 is 4.90 Å². The number of anilines is 1. The number of rotatable bonds is 2. The van der Waals surface area contributed by atoms with Gasteiger partial charge in [-0.3, -0.25) is 4.68 Å². The van der Waals surface area contributed by atoms with Gasteiger partial charge in [0, 0.05) is 12.2 Å². The number of pyridine rings is 1. The number of hydrogen-bond donors (Lipinski definition) is 0. The lowest BCUT2D eigenvalue weighted by molar-refractivity contribution is -0.0294. The minimum atomic E-state index is -1.06. The average molecular weight is 799 g/mol. The van der Waals surface area contributed by atoms with Gasteiger partial charge in [-0.25, -0.2) is 24.2 Å². The number of halogens is 2. The second kappa shape index (κ2) is 14.6. The summed E-state index contributed by atoms with van der Waals surface area (Å²) in [5.41, 5.74) is -2.24. The summed E-state index contributed by atoms with van der Waals surface area (Å²) in [6.45, 7) is 24.4. The van der Waals surface area contributed by atoms with Gasteiger partial charge in [0.1, 0.15) is 27.0 Å². The molecule has 13 nitrogen and oxygen atoms in total. The molecule has 2 rings (SSSR count). The van der Waals surface area contributed by atoms with Gasteiger partial charge in [0.2, 0.25) is 0 Å². The zero-order chi connectivity index (χ0) is 34.6. The van der Waals surface area contributed by atoms with E-state index in [-0.39, 0.29) is 11.9 Å². The van der Waals surface area contributed by atoms with Gasteiger partial charge in [0.15, 0.2) is 5.82 Å². The predicted molar refractivity (Wildman–Crippen MR) is 177 cm³/mol. The van der Waals surface area contributed by atoms with E-state index in [1.165, 1.54) is 0 Å². The fourth-order valence-electron chi connectivity index (χ4n) is 3.09. The van der Waals surface area contributed by atoms with Gasteiger partial charge in [0.25, 0.3) is 0 Å². The predicted octanol–water partition coefficient (Wildman–Crippen LogP) is 8.93. The highest BCUT2D eigenvalue weighted by molar-refractivity contribution is 14.1. The maximum Gasteiger partial charge on any atom is 0.519 e. The van der Waals surface area contributed by atoms with Crippen molar-refractivity contribution in [3.05, 3.63) is 14.4 Å². The molecule has 0 aliphatic carbocycles. The number of nitrogens with zero attached hydrogens (tertiary/aromatic N) is 4. The molecule has 0 unspecified atom stereocenters. The highest BCUT2D eigenvalue weighted by Crippen LogP contribution is 2.36. The van der Waals surface area contributed by atoms with Crippen molar-refractivity contribution in [2.75, 3.05) is 4.90 Å². The number of amides is 2. The molecule has 0 saturated carbocycles. The zero-order valence-electron chi connectivity index (χ0n) is 27.9. The van der Waals surface area contributed by atoms with Crippen molar-refractivity contribution in [3.63, 3.8) is 0 Å². The Balaban J connectivity index is 0.000000546. The molecule has 248 valence electrons. The largest absolute Gasteiger partial charge is 0.519 e. The Kier molecular flexibility index (Phi) is 13.1. The van der Waals surface area contributed by atoms with Gasteiger partial charge in [-0.2, -0.15) is 10.00 Å². The number of aromatic nitrogens is 3. The van der Waals surface area contributed by atoms with Gasteiger partial charge in [-0.05, 0) is 135 Å². The van der Waals surface area contributed by atoms with Crippen molar-refractivity contribution in [1.82, 2.24) is 14.8 Å². The molecule has 0 saturated heterocycles. The monoisotopic (exact) mass is 798 g/mol. The van der Waals surface area contributed by atoms with Crippen molar-refractivity contribution in [2.45, 2.75) is 125 Å². The van der Waals surface area contributed by atoms with Crippen LogP contribution in [-0.4, -0.2) is 61.7 Å². The molecule has 0 bridgehead atoms. The fraction of sp³-hybridized carbons (Fsp3) is 0.655. The maximum absolute atomic E-state index is 13.0. The molecule has 0 radical (unpaired) electrons. The Morgan fingerprint density at radius 2 is 1.16 bits per heavy atom. The summed E-state index contributed by atoms with van der Waals surface area (Å²) < 4.78 is 27.9. The Morgan fingerprint density at radius 1 is 0.773 bits per heavy atom. The number of fused-ring (bicyclic) bond motifs is 1. The number of carbonyl (C=O) groups excluding carboxylic acids is 4. The first-order chi connectivity index (χ1) is 19.6. The van der Waals surface area contributed by atoms with Crippen LogP contribution in [0.25, 0.3) is 10.9 Å². The van der Waals surface area contributed by atoms with Crippen LogP contribution in [0.4, 0.5) is 25.0 Å². The van der Waals surface area contributed by atoms with Crippen LogP contribution in [0.2, 0.25) is 0 Å². The molecule has 0 N–H and O–H groups in total. The number of imide groups is 1. The zero-order valence-corrected chi connectivity index (χ0v) is 31.6. The average Bonchev–Trinajstić information content (AvgIpc) is 3.09. The van der Waals surface area contributed by atoms with E-state index in [0.29, 0.717) is 9.99 Å². The molecule has 0 spiro atoms. The molecule has 15 heteroatoms. The summed E-state index contributed by atoms with van der Waals surface area (Å²) in [5, 5.41) is 5.05. The van der Waals surface area contributed by atoms with Gasteiger partial charge in [0.05, 0.1) is 14.5 Å². The molecule has 44 heavy (non-hydrogen) atoms. The molecule has 0 aliphatic rings. The third-order valence-corrected chi connectivity index (χ3v) is 5.76. The molecule has 2 aromatic heterocycles. The van der Waals surface area contributed by atoms with E-state index in [9.17, 15) is 19.2 Å². The smallest absolute Gasteiger partial charge is 0.443 e. The molecule has 2 heterocycles. The summed E-state index contributed by atoms with van der Waals surface area (Å²) >= 11 is 5.61. The van der Waals surface area contributed by atoms with Crippen LogP contribution in [-0.2, 0) is 23.7 Å². The molecular formula is C29H44BrIN4O9. The first-order valence-corrected chi connectivity index (χ1v) is 15.6. The molecule has 0 atom stereocenters. The molecule has 0 aromatic carbocycles. The summed E-state index contributed by atoms with van der Waals surface area (Å²) in [5.74, 6) is 0.0997. The van der Waals surface area contributed by atoms with Crippen molar-refractivity contribution in [1.29, 1.82) is 0 Å². The molecule has 2 amide bonds. The Hall–Kier alpha value is -2.69. The van der Waals surface area contributed by atoms with E-state index in [0.717, 1.165) is 14.0 Å². The van der Waals surface area contributed by atoms with Crippen LogP contribution in [0.1, 0.15) is 103 Å². The van der Waals surface area contributed by atoms with Gasteiger partial charge in [-0.15, -0.1) is 0 Å². The van der Waals surface area contributed by atoms with Gasteiger partial charge in [-0.1, -0.05) is 0 Å². The van der Waals surface area contributed by atoms with E-state index in [1.54, 1.807) is 89.3 Å². The number of carbonyl (C=O) groups is 4. The second-order valence-electron chi connectivity index (χ2n) is 13.8. The number of hydrogen-bond acceptors (Lipinski definition) is 11. The lowest BCUT2D eigenvalue weighted by atomic mass is 10.2. The van der Waals surface area contributed by atoms with Gasteiger partial charge < -0.3 is 23.7 Å². The van der Waals surface area contributed by atoms with Gasteiger partial charge >= 0.3 is 24.5 Å². The van der Waals surface area contributed by atoms with E-state index in [1.807, 2.05) is 18.5 Å². The lowest BCUT2D eigenvalue weighted by Crippen LogP contribution is -2.44. The Morgan fingerprint density at radius 3 is 1.50 bits per heavy atom. The van der Waals surface area contributed by atoms with Crippen LogP contribution in [0.3, 0.4) is 0 Å². The second-order valence-corrected chi connectivity index (χ2v) is 15.7. The third kappa shape index (κ3) is 13.1. The van der Waals surface area contributed by atoms with E-state index >= 15 is 0 Å². The quantitative estimate of drug-likeness (QED) is 0.124. The van der Waals surface area contributed by atoms with Crippen molar-refractivity contribution < 1.29 is 42.9 Å². The van der Waals surface area contributed by atoms with Crippen LogP contribution in [0.15, 0.2) is 10.8 Å². The SMILES string of the molecule is CC(C)(C)OC(=O)OC(=O)OC(C)(C)C.CC(C)n1nc(Br)c2c(N(C(=O)OC(C)(C)C)C(=O)OC(C)(C)C)ncc(I)c21. The van der Waals surface area contributed by atoms with Crippen molar-refractivity contribution in [3.8, 4) is 0 Å². The summed E-state index contributed by atoms with van der Waals surface area (Å²) in [4.78, 5) is 53.2. The molecular weight excluding hydrogens is 755 g/mol. The number of ether oxygens (including phenoxy) is 5. The van der Waals surface area contributed by atoms with Crippen molar-refractivity contribution in [2.24, 2.45) is 0 Å². The lowest BCUT2D eigenvalue weighted by Gasteiger charge is -2.28. The minimum Gasteiger partial charge on any atom is -0.443 e. The van der Waals surface area contributed by atoms with E-state index in [2.05, 4.69) is 53.3 Å². The molecule has 0 aliphatic heterocycles. The minimum absolute atomic E-state index is 0.0593. The first kappa shape index (κ1) is 39.3. The third-order valence-electron chi connectivity index (χ3n) is 4.42. The molecule has 0 fully saturated rings. The van der Waals surface area contributed by atoms with E-state index in [4.69, 9.17) is 18.9 Å². The highest BCUT2D eigenvalue weighted by Gasteiger charge is 2.36. The van der Waals surface area contributed by atoms with E-state index < -0.39 is 46.9 Å². The first-order valence-electron chi connectivity index (χ1n) is 13.7. The normalized spacial score (nSPS) is 12.2. The Bertz CT molecular complexity index is 1310.